The predicted octanol–water partition coefficient (Wildman–Crippen LogP) is 2.73. The lowest BCUT2D eigenvalue weighted by molar-refractivity contribution is -0.127. The lowest BCUT2D eigenvalue weighted by Gasteiger charge is -2.15. The zero-order chi connectivity index (χ0) is 16.7. The van der Waals surface area contributed by atoms with Crippen molar-refractivity contribution in [1.29, 1.82) is 0 Å². The van der Waals surface area contributed by atoms with Crippen LogP contribution in [0.3, 0.4) is 0 Å². The van der Waals surface area contributed by atoms with E-state index in [4.69, 9.17) is 0 Å². The summed E-state index contributed by atoms with van der Waals surface area (Å²) in [5.74, 6) is 0.0577. The zero-order valence-electron chi connectivity index (χ0n) is 14.1. The Kier molecular flexibility index (Phi) is 7.45. The second-order valence-electron chi connectivity index (χ2n) is 5.60. The summed E-state index contributed by atoms with van der Waals surface area (Å²) < 4.78 is 0. The van der Waals surface area contributed by atoms with E-state index in [0.717, 1.165) is 11.3 Å². The van der Waals surface area contributed by atoms with Crippen LogP contribution >= 0.6 is 11.8 Å². The van der Waals surface area contributed by atoms with E-state index in [2.05, 4.69) is 43.5 Å². The van der Waals surface area contributed by atoms with E-state index >= 15 is 0 Å². The van der Waals surface area contributed by atoms with Crippen LogP contribution in [0.5, 0.6) is 0 Å². The number of amides is 2. The maximum Gasteiger partial charge on any atom is 0.242 e. The number of hydrogen-bond donors (Lipinski definition) is 2. The minimum Gasteiger partial charge on any atom is -0.354 e. The van der Waals surface area contributed by atoms with Gasteiger partial charge in [0.25, 0.3) is 0 Å². The van der Waals surface area contributed by atoms with Gasteiger partial charge in [-0.3, -0.25) is 9.59 Å². The van der Waals surface area contributed by atoms with Gasteiger partial charge in [0.05, 0.1) is 5.75 Å². The molecule has 4 nitrogen and oxygen atoms in total. The maximum atomic E-state index is 12.0. The highest BCUT2D eigenvalue weighted by molar-refractivity contribution is 8.00. The van der Waals surface area contributed by atoms with Crippen molar-refractivity contribution in [2.24, 2.45) is 0 Å². The van der Waals surface area contributed by atoms with Gasteiger partial charge in [0.15, 0.2) is 0 Å². The van der Waals surface area contributed by atoms with Gasteiger partial charge in [-0.2, -0.15) is 0 Å². The van der Waals surface area contributed by atoms with Gasteiger partial charge in [-0.15, -0.1) is 11.8 Å². The molecule has 122 valence electrons. The SMILES string of the molecule is CCCNC(=O)[C@H](C)NC(=O)CSc1c(C)cc(C)cc1C. The third-order valence-electron chi connectivity index (χ3n) is 3.27. The molecule has 22 heavy (non-hydrogen) atoms. The number of nitrogens with one attached hydrogen (secondary N) is 2. The Morgan fingerprint density at radius 1 is 1.18 bits per heavy atom. The quantitative estimate of drug-likeness (QED) is 0.759. The maximum absolute atomic E-state index is 12.0. The number of benzene rings is 1. The Morgan fingerprint density at radius 3 is 2.32 bits per heavy atom. The first kappa shape index (κ1) is 18.6. The lowest BCUT2D eigenvalue weighted by Crippen LogP contribution is -2.45. The Hall–Kier alpha value is -1.49. The first-order valence-electron chi connectivity index (χ1n) is 7.62. The van der Waals surface area contributed by atoms with E-state index in [1.165, 1.54) is 28.5 Å². The average molecular weight is 322 g/mol. The average Bonchev–Trinajstić information content (AvgIpc) is 2.43. The molecule has 0 radical (unpaired) electrons. The van der Waals surface area contributed by atoms with Crippen LogP contribution in [0.1, 0.15) is 37.0 Å². The van der Waals surface area contributed by atoms with Crippen molar-refractivity contribution < 1.29 is 9.59 Å². The van der Waals surface area contributed by atoms with Crippen molar-refractivity contribution in [3.63, 3.8) is 0 Å². The van der Waals surface area contributed by atoms with Crippen molar-refractivity contribution in [1.82, 2.24) is 10.6 Å². The van der Waals surface area contributed by atoms with Crippen molar-refractivity contribution >= 4 is 23.6 Å². The van der Waals surface area contributed by atoms with Gasteiger partial charge in [0.1, 0.15) is 6.04 Å². The molecule has 0 aliphatic heterocycles. The van der Waals surface area contributed by atoms with Crippen LogP contribution in [-0.4, -0.2) is 30.2 Å². The van der Waals surface area contributed by atoms with E-state index in [0.29, 0.717) is 12.3 Å². The predicted molar refractivity (Wildman–Crippen MR) is 92.3 cm³/mol. The monoisotopic (exact) mass is 322 g/mol. The smallest absolute Gasteiger partial charge is 0.242 e. The molecule has 0 aromatic heterocycles. The third kappa shape index (κ3) is 5.72. The van der Waals surface area contributed by atoms with Crippen molar-refractivity contribution in [3.05, 3.63) is 28.8 Å². The molecule has 1 aromatic carbocycles. The summed E-state index contributed by atoms with van der Waals surface area (Å²) in [4.78, 5) is 24.8. The Morgan fingerprint density at radius 2 is 1.77 bits per heavy atom. The van der Waals surface area contributed by atoms with Crippen molar-refractivity contribution in [2.45, 2.75) is 52.0 Å². The fourth-order valence-electron chi connectivity index (χ4n) is 2.28. The molecule has 0 heterocycles. The van der Waals surface area contributed by atoms with Crippen LogP contribution in [0, 0.1) is 20.8 Å². The fourth-order valence-corrected chi connectivity index (χ4v) is 3.21. The summed E-state index contributed by atoms with van der Waals surface area (Å²) in [6, 6.07) is 3.74. The lowest BCUT2D eigenvalue weighted by atomic mass is 10.1. The van der Waals surface area contributed by atoms with E-state index in [1.54, 1.807) is 6.92 Å². The number of hydrogen-bond acceptors (Lipinski definition) is 3. The molecule has 0 aliphatic rings. The van der Waals surface area contributed by atoms with Crippen LogP contribution in [-0.2, 0) is 9.59 Å². The molecule has 2 amide bonds. The van der Waals surface area contributed by atoms with E-state index in [9.17, 15) is 9.59 Å². The zero-order valence-corrected chi connectivity index (χ0v) is 14.9. The molecule has 2 N–H and O–H groups in total. The molecular formula is C17H26N2O2S. The van der Waals surface area contributed by atoms with E-state index in [1.807, 2.05) is 6.92 Å². The standard InChI is InChI=1S/C17H26N2O2S/c1-6-7-18-17(21)14(5)19-15(20)10-22-16-12(3)8-11(2)9-13(16)4/h8-9,14H,6-7,10H2,1-5H3,(H,18,21)(H,19,20)/t14-/m0/s1. The van der Waals surface area contributed by atoms with Gasteiger partial charge >= 0.3 is 0 Å². The number of carbonyl (C=O) groups excluding carboxylic acids is 2. The Balaban J connectivity index is 2.51. The number of rotatable bonds is 7. The first-order chi connectivity index (χ1) is 10.3. The minimum atomic E-state index is -0.500. The number of aryl methyl sites for hydroxylation is 3. The largest absolute Gasteiger partial charge is 0.354 e. The summed E-state index contributed by atoms with van der Waals surface area (Å²) in [6.45, 7) is 10.5. The van der Waals surface area contributed by atoms with Crippen molar-refractivity contribution in [3.8, 4) is 0 Å². The highest BCUT2D eigenvalue weighted by Gasteiger charge is 2.15. The minimum absolute atomic E-state index is 0.122. The molecule has 1 aromatic rings. The van der Waals surface area contributed by atoms with Crippen molar-refractivity contribution in [2.75, 3.05) is 12.3 Å². The summed E-state index contributed by atoms with van der Waals surface area (Å²) in [7, 11) is 0. The van der Waals surface area contributed by atoms with Crippen LogP contribution in [0.4, 0.5) is 0 Å². The van der Waals surface area contributed by atoms with Crippen LogP contribution in [0.25, 0.3) is 0 Å². The summed E-state index contributed by atoms with van der Waals surface area (Å²) in [5, 5.41) is 5.51. The second-order valence-corrected chi connectivity index (χ2v) is 6.58. The Labute approximate surface area is 137 Å². The number of thioether (sulfide) groups is 1. The van der Waals surface area contributed by atoms with Gasteiger partial charge in [-0.1, -0.05) is 24.6 Å². The summed E-state index contributed by atoms with van der Waals surface area (Å²) in [5.41, 5.74) is 3.60. The van der Waals surface area contributed by atoms with Crippen LogP contribution < -0.4 is 10.6 Å². The first-order valence-corrected chi connectivity index (χ1v) is 8.61. The molecule has 0 spiro atoms. The molecule has 0 aliphatic carbocycles. The topological polar surface area (TPSA) is 58.2 Å². The number of carbonyl (C=O) groups is 2. The third-order valence-corrected chi connectivity index (χ3v) is 4.61. The second kappa shape index (κ2) is 8.83. The molecule has 0 unspecified atom stereocenters. The summed E-state index contributed by atoms with van der Waals surface area (Å²) >= 11 is 1.52. The Bertz CT molecular complexity index is 520. The molecule has 0 fully saturated rings. The van der Waals surface area contributed by atoms with Gasteiger partial charge in [0.2, 0.25) is 11.8 Å². The van der Waals surface area contributed by atoms with Crippen LogP contribution in [0.2, 0.25) is 0 Å². The molecule has 0 saturated carbocycles. The van der Waals surface area contributed by atoms with Gasteiger partial charge < -0.3 is 10.6 Å². The molecule has 1 rings (SSSR count). The van der Waals surface area contributed by atoms with E-state index < -0.39 is 6.04 Å². The molecule has 5 heteroatoms. The molecule has 0 bridgehead atoms. The van der Waals surface area contributed by atoms with Gasteiger partial charge in [-0.05, 0) is 45.2 Å². The normalized spacial score (nSPS) is 11.9. The summed E-state index contributed by atoms with van der Waals surface area (Å²) in [6.07, 6.45) is 0.883. The molecule has 1 atom stereocenters. The fraction of sp³-hybridized carbons (Fsp3) is 0.529. The van der Waals surface area contributed by atoms with E-state index in [-0.39, 0.29) is 11.8 Å². The van der Waals surface area contributed by atoms with Gasteiger partial charge in [0, 0.05) is 11.4 Å². The van der Waals surface area contributed by atoms with Gasteiger partial charge in [-0.25, -0.2) is 0 Å². The highest BCUT2D eigenvalue weighted by Crippen LogP contribution is 2.27. The highest BCUT2D eigenvalue weighted by atomic mass is 32.2. The molecular weight excluding hydrogens is 296 g/mol. The molecule has 0 saturated heterocycles. The van der Waals surface area contributed by atoms with Crippen LogP contribution in [0.15, 0.2) is 17.0 Å².